The van der Waals surface area contributed by atoms with Gasteiger partial charge >= 0.3 is 5.69 Å². The van der Waals surface area contributed by atoms with Gasteiger partial charge in [0.05, 0.1) is 4.92 Å². The van der Waals surface area contributed by atoms with E-state index in [-0.39, 0.29) is 5.69 Å². The molecule has 8 heteroatoms. The Morgan fingerprint density at radius 2 is 2.45 bits per heavy atom. The number of nitro groups is 1. The van der Waals surface area contributed by atoms with Crippen LogP contribution in [0.2, 0.25) is 0 Å². The van der Waals surface area contributed by atoms with E-state index < -0.39 is 4.92 Å². The summed E-state index contributed by atoms with van der Waals surface area (Å²) < 4.78 is 0. The van der Waals surface area contributed by atoms with Crippen LogP contribution in [-0.4, -0.2) is 46.0 Å². The number of nitrogens with zero attached hydrogens (tertiary/aromatic N) is 4. The van der Waals surface area contributed by atoms with E-state index in [1.165, 1.54) is 6.20 Å². The summed E-state index contributed by atoms with van der Waals surface area (Å²) >= 11 is 1.87. The molecular formula is C12H19N5O2S. The first-order valence-corrected chi connectivity index (χ1v) is 7.84. The Morgan fingerprint density at radius 1 is 1.65 bits per heavy atom. The lowest BCUT2D eigenvalue weighted by molar-refractivity contribution is -0.384. The molecule has 1 unspecified atom stereocenters. The van der Waals surface area contributed by atoms with Gasteiger partial charge in [-0.05, 0) is 18.6 Å². The smallest absolute Gasteiger partial charge is 0.329 e. The Labute approximate surface area is 122 Å². The third-order valence-electron chi connectivity index (χ3n) is 3.27. The van der Waals surface area contributed by atoms with Gasteiger partial charge < -0.3 is 10.2 Å². The molecule has 1 saturated heterocycles. The Morgan fingerprint density at radius 3 is 3.05 bits per heavy atom. The lowest BCUT2D eigenvalue weighted by Gasteiger charge is -2.24. The van der Waals surface area contributed by atoms with Crippen molar-refractivity contribution in [2.45, 2.75) is 25.8 Å². The van der Waals surface area contributed by atoms with Crippen LogP contribution >= 0.6 is 11.8 Å². The predicted octanol–water partition coefficient (Wildman–Crippen LogP) is 2.15. The van der Waals surface area contributed by atoms with Crippen LogP contribution in [0.3, 0.4) is 0 Å². The Hall–Kier alpha value is -1.57. The fraction of sp³-hybridized carbons (Fsp3) is 0.667. The van der Waals surface area contributed by atoms with E-state index in [0.717, 1.165) is 30.9 Å². The van der Waals surface area contributed by atoms with Crippen molar-refractivity contribution in [3.8, 4) is 0 Å². The summed E-state index contributed by atoms with van der Waals surface area (Å²) in [5.74, 6) is 2.92. The summed E-state index contributed by atoms with van der Waals surface area (Å²) in [4.78, 5) is 21.0. The summed E-state index contributed by atoms with van der Waals surface area (Å²) in [6.07, 6.45) is 3.27. The standard InChI is InChI=1S/C12H19N5O2S/c1-3-5-13-12-14-7-10(17(18)19)11(15-12)16(2)9-4-6-20-8-9/h7,9H,3-6,8H2,1-2H3,(H,13,14,15). The molecule has 0 amide bonds. The molecule has 0 aromatic carbocycles. The zero-order valence-electron chi connectivity index (χ0n) is 11.7. The Kier molecular flexibility index (Phi) is 4.99. The van der Waals surface area contributed by atoms with Crippen LogP contribution in [0.15, 0.2) is 6.20 Å². The molecular weight excluding hydrogens is 278 g/mol. The molecule has 1 aliphatic rings. The van der Waals surface area contributed by atoms with Gasteiger partial charge in [0.1, 0.15) is 6.20 Å². The Balaban J connectivity index is 2.27. The monoisotopic (exact) mass is 297 g/mol. The summed E-state index contributed by atoms with van der Waals surface area (Å²) in [6, 6.07) is 0.299. The third-order valence-corrected chi connectivity index (χ3v) is 4.41. The second kappa shape index (κ2) is 6.74. The molecule has 2 rings (SSSR count). The quantitative estimate of drug-likeness (QED) is 0.636. The van der Waals surface area contributed by atoms with Crippen molar-refractivity contribution in [3.05, 3.63) is 16.3 Å². The number of aromatic nitrogens is 2. The molecule has 1 N–H and O–H groups in total. The molecule has 0 saturated carbocycles. The van der Waals surface area contributed by atoms with Crippen LogP contribution in [0.4, 0.5) is 17.5 Å². The molecule has 1 fully saturated rings. The molecule has 0 bridgehead atoms. The van der Waals surface area contributed by atoms with E-state index in [1.807, 2.05) is 30.6 Å². The van der Waals surface area contributed by atoms with Crippen LogP contribution in [-0.2, 0) is 0 Å². The van der Waals surface area contributed by atoms with Crippen LogP contribution < -0.4 is 10.2 Å². The molecule has 1 aromatic rings. The van der Waals surface area contributed by atoms with Crippen molar-refractivity contribution in [2.75, 3.05) is 35.3 Å². The van der Waals surface area contributed by atoms with Gasteiger partial charge in [-0.3, -0.25) is 10.1 Å². The van der Waals surface area contributed by atoms with Gasteiger partial charge in [-0.15, -0.1) is 0 Å². The number of rotatable bonds is 6. The summed E-state index contributed by atoms with van der Waals surface area (Å²) in [5.41, 5.74) is -0.0357. The van der Waals surface area contributed by atoms with Gasteiger partial charge in [-0.25, -0.2) is 4.98 Å². The molecule has 20 heavy (non-hydrogen) atoms. The van der Waals surface area contributed by atoms with Crippen molar-refractivity contribution in [1.29, 1.82) is 0 Å². The van der Waals surface area contributed by atoms with E-state index >= 15 is 0 Å². The summed E-state index contributed by atoms with van der Waals surface area (Å²) in [6.45, 7) is 2.79. The molecule has 2 heterocycles. The third kappa shape index (κ3) is 3.30. The zero-order chi connectivity index (χ0) is 14.5. The van der Waals surface area contributed by atoms with Gasteiger partial charge in [0.15, 0.2) is 0 Å². The highest BCUT2D eigenvalue weighted by Crippen LogP contribution is 2.31. The largest absolute Gasteiger partial charge is 0.354 e. The molecule has 0 spiro atoms. The molecule has 0 aliphatic carbocycles. The maximum absolute atomic E-state index is 11.1. The lowest BCUT2D eigenvalue weighted by atomic mass is 10.2. The number of anilines is 2. The summed E-state index contributed by atoms with van der Waals surface area (Å²) in [5, 5.41) is 14.2. The van der Waals surface area contributed by atoms with Gasteiger partial charge in [-0.2, -0.15) is 16.7 Å². The molecule has 7 nitrogen and oxygen atoms in total. The fourth-order valence-corrected chi connectivity index (χ4v) is 3.35. The van der Waals surface area contributed by atoms with E-state index in [0.29, 0.717) is 17.8 Å². The van der Waals surface area contributed by atoms with Gasteiger partial charge in [0.2, 0.25) is 11.8 Å². The molecule has 0 radical (unpaired) electrons. The van der Waals surface area contributed by atoms with Crippen LogP contribution in [0.1, 0.15) is 19.8 Å². The second-order valence-corrected chi connectivity index (χ2v) is 5.86. The molecule has 1 aliphatic heterocycles. The van der Waals surface area contributed by atoms with Crippen molar-refractivity contribution >= 4 is 29.2 Å². The van der Waals surface area contributed by atoms with Gasteiger partial charge in [0, 0.05) is 25.4 Å². The number of nitrogens with one attached hydrogen (secondary N) is 1. The minimum Gasteiger partial charge on any atom is -0.354 e. The maximum Gasteiger partial charge on any atom is 0.329 e. The highest BCUT2D eigenvalue weighted by atomic mass is 32.2. The van der Waals surface area contributed by atoms with Crippen LogP contribution in [0.25, 0.3) is 0 Å². The first-order valence-electron chi connectivity index (χ1n) is 6.69. The van der Waals surface area contributed by atoms with Crippen LogP contribution in [0.5, 0.6) is 0 Å². The van der Waals surface area contributed by atoms with Crippen LogP contribution in [0, 0.1) is 10.1 Å². The van der Waals surface area contributed by atoms with Crippen molar-refractivity contribution in [1.82, 2.24) is 9.97 Å². The lowest BCUT2D eigenvalue weighted by Crippen LogP contribution is -2.32. The Bertz CT molecular complexity index is 479. The SMILES string of the molecule is CCCNc1ncc([N+](=O)[O-])c(N(C)C2CCSC2)n1. The second-order valence-electron chi connectivity index (χ2n) is 4.71. The summed E-state index contributed by atoms with van der Waals surface area (Å²) in [7, 11) is 1.87. The number of hydrogen-bond donors (Lipinski definition) is 1. The zero-order valence-corrected chi connectivity index (χ0v) is 12.5. The highest BCUT2D eigenvalue weighted by molar-refractivity contribution is 7.99. The predicted molar refractivity (Wildman–Crippen MR) is 81.6 cm³/mol. The topological polar surface area (TPSA) is 84.2 Å². The van der Waals surface area contributed by atoms with Gasteiger partial charge in [0.25, 0.3) is 0 Å². The van der Waals surface area contributed by atoms with E-state index in [9.17, 15) is 10.1 Å². The van der Waals surface area contributed by atoms with Crippen molar-refractivity contribution < 1.29 is 4.92 Å². The minimum absolute atomic E-state index is 0.0357. The van der Waals surface area contributed by atoms with E-state index in [4.69, 9.17) is 0 Å². The molecule has 1 aromatic heterocycles. The average Bonchev–Trinajstić information content (AvgIpc) is 2.98. The first kappa shape index (κ1) is 14.8. The number of thioether (sulfide) groups is 1. The van der Waals surface area contributed by atoms with E-state index in [2.05, 4.69) is 15.3 Å². The highest BCUT2D eigenvalue weighted by Gasteiger charge is 2.27. The van der Waals surface area contributed by atoms with Crippen molar-refractivity contribution in [3.63, 3.8) is 0 Å². The number of hydrogen-bond acceptors (Lipinski definition) is 7. The first-order chi connectivity index (χ1) is 9.63. The molecule has 1 atom stereocenters. The van der Waals surface area contributed by atoms with Gasteiger partial charge in [-0.1, -0.05) is 6.92 Å². The molecule has 110 valence electrons. The van der Waals surface area contributed by atoms with E-state index in [1.54, 1.807) is 0 Å². The minimum atomic E-state index is -0.419. The fourth-order valence-electron chi connectivity index (χ4n) is 2.08. The average molecular weight is 297 g/mol. The maximum atomic E-state index is 11.1. The normalized spacial score (nSPS) is 18.0. The van der Waals surface area contributed by atoms with Crippen molar-refractivity contribution in [2.24, 2.45) is 0 Å².